The van der Waals surface area contributed by atoms with Crippen molar-refractivity contribution < 1.29 is 4.74 Å². The first kappa shape index (κ1) is 14.2. The highest BCUT2D eigenvalue weighted by Crippen LogP contribution is 2.10. The molecule has 3 N–H and O–H groups in total. The zero-order chi connectivity index (χ0) is 12.7. The van der Waals surface area contributed by atoms with Crippen molar-refractivity contribution in [2.24, 2.45) is 5.84 Å². The Balaban J connectivity index is 2.43. The van der Waals surface area contributed by atoms with Crippen LogP contribution in [0, 0.1) is 6.92 Å². The molecule has 0 amide bonds. The summed E-state index contributed by atoms with van der Waals surface area (Å²) >= 11 is 0. The molecule has 2 unspecified atom stereocenters. The highest BCUT2D eigenvalue weighted by molar-refractivity contribution is 5.22. The monoisotopic (exact) mass is 236 g/mol. The van der Waals surface area contributed by atoms with Crippen LogP contribution in [-0.2, 0) is 11.2 Å². The molecule has 1 aromatic rings. The van der Waals surface area contributed by atoms with Gasteiger partial charge in [0, 0.05) is 13.2 Å². The zero-order valence-electron chi connectivity index (χ0n) is 11.1. The van der Waals surface area contributed by atoms with Gasteiger partial charge in [0.05, 0.1) is 6.10 Å². The Kier molecular flexibility index (Phi) is 6.19. The van der Waals surface area contributed by atoms with Gasteiger partial charge in [-0.25, -0.2) is 0 Å². The minimum absolute atomic E-state index is 0.295. The zero-order valence-corrected chi connectivity index (χ0v) is 11.1. The van der Waals surface area contributed by atoms with E-state index in [0.29, 0.717) is 12.1 Å². The second kappa shape index (κ2) is 7.43. The molecule has 0 saturated carbocycles. The summed E-state index contributed by atoms with van der Waals surface area (Å²) in [5.41, 5.74) is 5.50. The molecule has 0 fully saturated rings. The molecule has 96 valence electrons. The SMILES string of the molecule is COC(C)CCC(Cc1ccc(C)cc1)NN. The van der Waals surface area contributed by atoms with E-state index in [1.807, 2.05) is 0 Å². The predicted molar refractivity (Wildman–Crippen MR) is 71.7 cm³/mol. The average molecular weight is 236 g/mol. The second-order valence-electron chi connectivity index (χ2n) is 4.68. The summed E-state index contributed by atoms with van der Waals surface area (Å²) in [5, 5.41) is 0. The van der Waals surface area contributed by atoms with Gasteiger partial charge < -0.3 is 4.74 Å². The molecule has 0 aliphatic rings. The van der Waals surface area contributed by atoms with Crippen LogP contribution in [0.2, 0.25) is 0 Å². The highest BCUT2D eigenvalue weighted by atomic mass is 16.5. The van der Waals surface area contributed by atoms with Crippen molar-refractivity contribution >= 4 is 0 Å². The molecule has 0 heterocycles. The molecule has 3 heteroatoms. The fraction of sp³-hybridized carbons (Fsp3) is 0.571. The fourth-order valence-electron chi connectivity index (χ4n) is 1.81. The average Bonchev–Trinajstić information content (AvgIpc) is 2.36. The number of methoxy groups -OCH3 is 1. The first-order chi connectivity index (χ1) is 8.15. The summed E-state index contributed by atoms with van der Waals surface area (Å²) in [6, 6.07) is 8.93. The number of hydrogen-bond acceptors (Lipinski definition) is 3. The van der Waals surface area contributed by atoms with Gasteiger partial charge in [0.2, 0.25) is 0 Å². The van der Waals surface area contributed by atoms with Gasteiger partial charge in [-0.15, -0.1) is 0 Å². The summed E-state index contributed by atoms with van der Waals surface area (Å²) in [5.74, 6) is 5.59. The van der Waals surface area contributed by atoms with Crippen molar-refractivity contribution in [3.63, 3.8) is 0 Å². The topological polar surface area (TPSA) is 47.3 Å². The lowest BCUT2D eigenvalue weighted by molar-refractivity contribution is 0.106. The maximum atomic E-state index is 5.59. The number of benzene rings is 1. The lowest BCUT2D eigenvalue weighted by Crippen LogP contribution is -2.37. The van der Waals surface area contributed by atoms with E-state index in [9.17, 15) is 0 Å². The molecule has 0 spiro atoms. The Morgan fingerprint density at radius 2 is 1.88 bits per heavy atom. The van der Waals surface area contributed by atoms with Gasteiger partial charge in [0.15, 0.2) is 0 Å². The van der Waals surface area contributed by atoms with Crippen LogP contribution in [0.15, 0.2) is 24.3 Å². The molecule has 1 rings (SSSR count). The van der Waals surface area contributed by atoms with E-state index in [0.717, 1.165) is 19.3 Å². The number of aryl methyl sites for hydroxylation is 1. The van der Waals surface area contributed by atoms with Gasteiger partial charge in [0.25, 0.3) is 0 Å². The van der Waals surface area contributed by atoms with Gasteiger partial charge >= 0.3 is 0 Å². The van der Waals surface area contributed by atoms with Crippen LogP contribution in [0.25, 0.3) is 0 Å². The minimum Gasteiger partial charge on any atom is -0.382 e. The van der Waals surface area contributed by atoms with E-state index in [-0.39, 0.29) is 0 Å². The quantitative estimate of drug-likeness (QED) is 0.563. The maximum Gasteiger partial charge on any atom is 0.0543 e. The molecule has 17 heavy (non-hydrogen) atoms. The molecule has 0 bridgehead atoms. The van der Waals surface area contributed by atoms with Crippen LogP contribution < -0.4 is 11.3 Å². The molecular formula is C14H24N2O. The smallest absolute Gasteiger partial charge is 0.0543 e. The van der Waals surface area contributed by atoms with Crippen LogP contribution >= 0.6 is 0 Å². The van der Waals surface area contributed by atoms with Gasteiger partial charge in [-0.3, -0.25) is 11.3 Å². The summed E-state index contributed by atoms with van der Waals surface area (Å²) in [6.45, 7) is 4.18. The standard InChI is InChI=1S/C14H24N2O/c1-11-4-7-13(8-5-11)10-14(16-15)9-6-12(2)17-3/h4-5,7-8,12,14,16H,6,9-10,15H2,1-3H3. The summed E-state index contributed by atoms with van der Waals surface area (Å²) < 4.78 is 5.24. The van der Waals surface area contributed by atoms with Gasteiger partial charge in [-0.1, -0.05) is 29.8 Å². The molecule has 0 aliphatic heterocycles. The number of hydrazine groups is 1. The van der Waals surface area contributed by atoms with Crippen molar-refractivity contribution in [3.05, 3.63) is 35.4 Å². The summed E-state index contributed by atoms with van der Waals surface area (Å²) in [4.78, 5) is 0. The van der Waals surface area contributed by atoms with Crippen molar-refractivity contribution in [3.8, 4) is 0 Å². The van der Waals surface area contributed by atoms with E-state index in [1.54, 1.807) is 7.11 Å². The van der Waals surface area contributed by atoms with E-state index < -0.39 is 0 Å². The largest absolute Gasteiger partial charge is 0.382 e. The maximum absolute atomic E-state index is 5.59. The Hall–Kier alpha value is -0.900. The fourth-order valence-corrected chi connectivity index (χ4v) is 1.81. The molecule has 0 saturated heterocycles. The van der Waals surface area contributed by atoms with Crippen molar-refractivity contribution in [1.82, 2.24) is 5.43 Å². The minimum atomic E-state index is 0.295. The van der Waals surface area contributed by atoms with Crippen molar-refractivity contribution in [2.45, 2.75) is 45.3 Å². The first-order valence-corrected chi connectivity index (χ1v) is 6.20. The van der Waals surface area contributed by atoms with Crippen LogP contribution in [0.3, 0.4) is 0 Å². The number of nitrogens with two attached hydrogens (primary N) is 1. The van der Waals surface area contributed by atoms with E-state index in [4.69, 9.17) is 10.6 Å². The van der Waals surface area contributed by atoms with Crippen molar-refractivity contribution in [2.75, 3.05) is 7.11 Å². The highest BCUT2D eigenvalue weighted by Gasteiger charge is 2.09. The second-order valence-corrected chi connectivity index (χ2v) is 4.68. The molecular weight excluding hydrogens is 212 g/mol. The third kappa shape index (κ3) is 5.31. The van der Waals surface area contributed by atoms with E-state index in [1.165, 1.54) is 11.1 Å². The van der Waals surface area contributed by atoms with Gasteiger partial charge in [-0.05, 0) is 38.7 Å². The molecule has 1 aromatic carbocycles. The Morgan fingerprint density at radius 1 is 1.24 bits per heavy atom. The van der Waals surface area contributed by atoms with Crippen LogP contribution in [0.1, 0.15) is 30.9 Å². The Labute approximate surface area is 104 Å². The molecule has 0 aliphatic carbocycles. The van der Waals surface area contributed by atoms with Crippen LogP contribution in [0.5, 0.6) is 0 Å². The predicted octanol–water partition coefficient (Wildman–Crippen LogP) is 2.18. The molecule has 2 atom stereocenters. The van der Waals surface area contributed by atoms with E-state index in [2.05, 4.69) is 43.5 Å². The normalized spacial score (nSPS) is 14.6. The number of rotatable bonds is 7. The third-order valence-corrected chi connectivity index (χ3v) is 3.16. The van der Waals surface area contributed by atoms with Gasteiger partial charge in [-0.2, -0.15) is 0 Å². The summed E-state index contributed by atoms with van der Waals surface area (Å²) in [7, 11) is 1.75. The van der Waals surface area contributed by atoms with E-state index >= 15 is 0 Å². The number of nitrogens with one attached hydrogen (secondary N) is 1. The van der Waals surface area contributed by atoms with Gasteiger partial charge in [0.1, 0.15) is 0 Å². The van der Waals surface area contributed by atoms with Crippen LogP contribution in [0.4, 0.5) is 0 Å². The summed E-state index contributed by atoms with van der Waals surface area (Å²) in [6.07, 6.45) is 3.31. The lowest BCUT2D eigenvalue weighted by Gasteiger charge is -2.18. The molecule has 0 radical (unpaired) electrons. The Morgan fingerprint density at radius 3 is 2.41 bits per heavy atom. The molecule has 0 aromatic heterocycles. The number of ether oxygens (including phenoxy) is 1. The van der Waals surface area contributed by atoms with Crippen molar-refractivity contribution in [1.29, 1.82) is 0 Å². The number of hydrogen-bond donors (Lipinski definition) is 2. The lowest BCUT2D eigenvalue weighted by atomic mass is 10.0. The Bertz CT molecular complexity index is 311. The van der Waals surface area contributed by atoms with Crippen LogP contribution in [-0.4, -0.2) is 19.3 Å². The molecule has 3 nitrogen and oxygen atoms in total. The third-order valence-electron chi connectivity index (χ3n) is 3.16. The first-order valence-electron chi connectivity index (χ1n) is 6.20.